The van der Waals surface area contributed by atoms with Crippen molar-refractivity contribution in [3.63, 3.8) is 0 Å². The number of nitrogens with one attached hydrogen (secondary N) is 1. The predicted octanol–water partition coefficient (Wildman–Crippen LogP) is 4.23. The van der Waals surface area contributed by atoms with Gasteiger partial charge in [0, 0.05) is 11.6 Å². The third-order valence-electron chi connectivity index (χ3n) is 3.44. The fourth-order valence-corrected chi connectivity index (χ4v) is 2.38. The van der Waals surface area contributed by atoms with E-state index in [1.54, 1.807) is 24.3 Å². The zero-order valence-corrected chi connectivity index (χ0v) is 13.3. The minimum atomic E-state index is -0.240. The average Bonchev–Trinajstić information content (AvgIpc) is 3.03. The number of amides is 1. The number of halogens is 1. The average molecular weight is 327 g/mol. The number of carbonyl (C=O) groups is 1. The van der Waals surface area contributed by atoms with Crippen molar-refractivity contribution in [2.75, 3.05) is 0 Å². The van der Waals surface area contributed by atoms with E-state index < -0.39 is 0 Å². The molecule has 0 aliphatic carbocycles. The predicted molar refractivity (Wildman–Crippen MR) is 89.3 cm³/mol. The Morgan fingerprint density at radius 3 is 2.65 bits per heavy atom. The van der Waals surface area contributed by atoms with Crippen molar-refractivity contribution < 1.29 is 9.32 Å². The van der Waals surface area contributed by atoms with Crippen LogP contribution < -0.4 is 5.32 Å². The smallest absolute Gasteiger partial charge is 0.253 e. The van der Waals surface area contributed by atoms with Crippen molar-refractivity contribution >= 4 is 17.5 Å². The molecule has 0 saturated heterocycles. The van der Waals surface area contributed by atoms with Gasteiger partial charge in [-0.3, -0.25) is 4.79 Å². The van der Waals surface area contributed by atoms with Gasteiger partial charge in [-0.15, -0.1) is 0 Å². The van der Waals surface area contributed by atoms with Crippen LogP contribution in [0.25, 0.3) is 11.3 Å². The molecular formula is C18H15ClN2O2. The Morgan fingerprint density at radius 1 is 1.17 bits per heavy atom. The molecule has 0 bridgehead atoms. The van der Waals surface area contributed by atoms with Gasteiger partial charge in [-0.05, 0) is 19.1 Å². The normalized spacial score (nSPS) is 10.5. The highest BCUT2D eigenvalue weighted by Crippen LogP contribution is 2.21. The molecule has 2 aromatic carbocycles. The van der Waals surface area contributed by atoms with Gasteiger partial charge in [0.05, 0.1) is 17.1 Å². The van der Waals surface area contributed by atoms with Gasteiger partial charge in [0.15, 0.2) is 5.76 Å². The first-order chi connectivity index (χ1) is 11.1. The monoisotopic (exact) mass is 326 g/mol. The summed E-state index contributed by atoms with van der Waals surface area (Å²) < 4.78 is 5.32. The molecule has 3 rings (SSSR count). The van der Waals surface area contributed by atoms with Gasteiger partial charge in [0.25, 0.3) is 5.91 Å². The number of aryl methyl sites for hydroxylation is 1. The summed E-state index contributed by atoms with van der Waals surface area (Å²) in [6.45, 7) is 2.30. The number of rotatable bonds is 4. The second-order valence-corrected chi connectivity index (χ2v) is 5.62. The van der Waals surface area contributed by atoms with E-state index in [0.29, 0.717) is 22.0 Å². The highest BCUT2D eigenvalue weighted by Gasteiger charge is 2.11. The number of nitrogens with zero attached hydrogens (tertiary/aromatic N) is 1. The zero-order chi connectivity index (χ0) is 16.2. The third-order valence-corrected chi connectivity index (χ3v) is 3.77. The summed E-state index contributed by atoms with van der Waals surface area (Å²) in [5.74, 6) is 0.433. The first-order valence-corrected chi connectivity index (χ1v) is 7.56. The third kappa shape index (κ3) is 3.60. The second kappa shape index (κ2) is 6.67. The van der Waals surface area contributed by atoms with Crippen molar-refractivity contribution in [3.05, 3.63) is 76.4 Å². The highest BCUT2D eigenvalue weighted by molar-refractivity contribution is 6.33. The van der Waals surface area contributed by atoms with Gasteiger partial charge in [-0.25, -0.2) is 0 Å². The largest absolute Gasteiger partial charge is 0.356 e. The maximum atomic E-state index is 12.1. The quantitative estimate of drug-likeness (QED) is 0.780. The van der Waals surface area contributed by atoms with Gasteiger partial charge in [-0.2, -0.15) is 0 Å². The minimum absolute atomic E-state index is 0.240. The van der Waals surface area contributed by atoms with Crippen LogP contribution in [0.5, 0.6) is 0 Å². The van der Waals surface area contributed by atoms with Crippen molar-refractivity contribution in [2.24, 2.45) is 0 Å². The minimum Gasteiger partial charge on any atom is -0.356 e. The molecule has 3 aromatic rings. The highest BCUT2D eigenvalue weighted by atomic mass is 35.5. The van der Waals surface area contributed by atoms with Gasteiger partial charge in [-0.1, -0.05) is 58.7 Å². The Labute approximate surface area is 139 Å². The van der Waals surface area contributed by atoms with Crippen molar-refractivity contribution in [1.82, 2.24) is 10.5 Å². The molecule has 0 spiro atoms. The zero-order valence-electron chi connectivity index (χ0n) is 12.5. The van der Waals surface area contributed by atoms with E-state index in [4.69, 9.17) is 16.1 Å². The molecule has 1 N–H and O–H groups in total. The van der Waals surface area contributed by atoms with Crippen LogP contribution in [-0.4, -0.2) is 11.1 Å². The lowest BCUT2D eigenvalue weighted by molar-refractivity contribution is 0.0950. The van der Waals surface area contributed by atoms with Gasteiger partial charge in [0.2, 0.25) is 0 Å². The Bertz CT molecular complexity index is 825. The van der Waals surface area contributed by atoms with E-state index in [9.17, 15) is 4.79 Å². The van der Waals surface area contributed by atoms with Crippen LogP contribution in [0.2, 0.25) is 5.02 Å². The van der Waals surface area contributed by atoms with Crippen LogP contribution in [0.3, 0.4) is 0 Å². The molecule has 4 nitrogen and oxygen atoms in total. The fourth-order valence-electron chi connectivity index (χ4n) is 2.16. The summed E-state index contributed by atoms with van der Waals surface area (Å²) in [5.41, 5.74) is 3.23. The summed E-state index contributed by atoms with van der Waals surface area (Å²) >= 11 is 6.00. The second-order valence-electron chi connectivity index (χ2n) is 5.21. The summed E-state index contributed by atoms with van der Waals surface area (Å²) in [6.07, 6.45) is 0. The number of hydrogen-bond acceptors (Lipinski definition) is 3. The van der Waals surface area contributed by atoms with E-state index in [1.807, 2.05) is 37.3 Å². The molecule has 0 saturated carbocycles. The molecule has 1 amide bonds. The van der Waals surface area contributed by atoms with Crippen LogP contribution in [-0.2, 0) is 6.54 Å². The molecule has 0 fully saturated rings. The Balaban J connectivity index is 1.67. The van der Waals surface area contributed by atoms with Gasteiger partial charge in [0.1, 0.15) is 5.69 Å². The first kappa shape index (κ1) is 15.3. The van der Waals surface area contributed by atoms with E-state index >= 15 is 0 Å². The van der Waals surface area contributed by atoms with Crippen molar-refractivity contribution in [3.8, 4) is 11.3 Å². The van der Waals surface area contributed by atoms with Crippen LogP contribution >= 0.6 is 11.6 Å². The van der Waals surface area contributed by atoms with Crippen LogP contribution in [0.4, 0.5) is 0 Å². The van der Waals surface area contributed by atoms with Crippen LogP contribution in [0.1, 0.15) is 21.6 Å². The Hall–Kier alpha value is -2.59. The lowest BCUT2D eigenvalue weighted by atomic mass is 10.1. The fraction of sp³-hybridized carbons (Fsp3) is 0.111. The summed E-state index contributed by atoms with van der Waals surface area (Å²) in [4.78, 5) is 12.1. The molecular weight excluding hydrogens is 312 g/mol. The lowest BCUT2D eigenvalue weighted by Gasteiger charge is -2.04. The Kier molecular flexibility index (Phi) is 4.44. The van der Waals surface area contributed by atoms with Crippen LogP contribution in [0, 0.1) is 6.92 Å². The molecule has 0 atom stereocenters. The number of benzene rings is 2. The van der Waals surface area contributed by atoms with E-state index in [1.165, 1.54) is 5.56 Å². The van der Waals surface area contributed by atoms with E-state index in [2.05, 4.69) is 10.5 Å². The lowest BCUT2D eigenvalue weighted by Crippen LogP contribution is -2.23. The summed E-state index contributed by atoms with van der Waals surface area (Å²) in [5, 5.41) is 7.19. The molecule has 5 heteroatoms. The van der Waals surface area contributed by atoms with E-state index in [-0.39, 0.29) is 12.5 Å². The summed E-state index contributed by atoms with van der Waals surface area (Å²) in [7, 11) is 0. The SMILES string of the molecule is Cc1ccc(-c2cc(CNC(=O)c3ccccc3Cl)no2)cc1. The maximum absolute atomic E-state index is 12.1. The molecule has 1 heterocycles. The molecule has 0 aliphatic rings. The van der Waals surface area contributed by atoms with Crippen LogP contribution in [0.15, 0.2) is 59.1 Å². The molecule has 23 heavy (non-hydrogen) atoms. The van der Waals surface area contributed by atoms with Crippen molar-refractivity contribution in [2.45, 2.75) is 13.5 Å². The van der Waals surface area contributed by atoms with E-state index in [0.717, 1.165) is 5.56 Å². The first-order valence-electron chi connectivity index (χ1n) is 7.19. The molecule has 0 aliphatic heterocycles. The standard InChI is InChI=1S/C18H15ClN2O2/c1-12-6-8-13(9-7-12)17-10-14(21-23-17)11-20-18(22)15-4-2-3-5-16(15)19/h2-10H,11H2,1H3,(H,20,22). The summed E-state index contributed by atoms with van der Waals surface area (Å²) in [6, 6.07) is 16.7. The van der Waals surface area contributed by atoms with Crippen molar-refractivity contribution in [1.29, 1.82) is 0 Å². The van der Waals surface area contributed by atoms with Gasteiger partial charge >= 0.3 is 0 Å². The molecule has 1 aromatic heterocycles. The molecule has 0 unspecified atom stereocenters. The van der Waals surface area contributed by atoms with Gasteiger partial charge < -0.3 is 9.84 Å². The molecule has 0 radical (unpaired) electrons. The maximum Gasteiger partial charge on any atom is 0.253 e. The topological polar surface area (TPSA) is 55.1 Å². The number of carbonyl (C=O) groups excluding carboxylic acids is 1. The number of aromatic nitrogens is 1. The molecule has 116 valence electrons. The Morgan fingerprint density at radius 2 is 1.91 bits per heavy atom. The number of hydrogen-bond donors (Lipinski definition) is 1.